The molecule has 0 atom stereocenters. The van der Waals surface area contributed by atoms with Gasteiger partial charge in [-0.3, -0.25) is 9.69 Å². The zero-order valence-electron chi connectivity index (χ0n) is 14.3. The molecule has 128 valence electrons. The van der Waals surface area contributed by atoms with Crippen LogP contribution in [-0.4, -0.2) is 29.1 Å². The van der Waals surface area contributed by atoms with E-state index in [2.05, 4.69) is 4.99 Å². The zero-order chi connectivity index (χ0) is 17.6. The normalized spacial score (nSPS) is 17.5. The SMILES string of the molecule is CCOc1cccc(/C=C2\SC(=Nc3ccccc3)N(CC)C2=O)c1. The highest BCUT2D eigenvalue weighted by molar-refractivity contribution is 8.18. The van der Waals surface area contributed by atoms with E-state index in [-0.39, 0.29) is 5.91 Å². The van der Waals surface area contributed by atoms with E-state index in [0.29, 0.717) is 23.2 Å². The van der Waals surface area contributed by atoms with Gasteiger partial charge in [-0.05, 0) is 61.5 Å². The molecule has 1 saturated heterocycles. The van der Waals surface area contributed by atoms with Crippen molar-refractivity contribution in [2.75, 3.05) is 13.2 Å². The molecule has 0 aromatic heterocycles. The summed E-state index contributed by atoms with van der Waals surface area (Å²) in [6.45, 7) is 5.11. The Labute approximate surface area is 152 Å². The van der Waals surface area contributed by atoms with Crippen molar-refractivity contribution in [3.05, 3.63) is 65.1 Å². The maximum atomic E-state index is 12.7. The van der Waals surface area contributed by atoms with Crippen molar-refractivity contribution in [3.8, 4) is 5.75 Å². The van der Waals surface area contributed by atoms with Gasteiger partial charge in [-0.1, -0.05) is 30.3 Å². The molecule has 4 nitrogen and oxygen atoms in total. The number of carbonyl (C=O) groups excluding carboxylic acids is 1. The van der Waals surface area contributed by atoms with Crippen molar-refractivity contribution in [3.63, 3.8) is 0 Å². The second kappa shape index (κ2) is 8.03. The molecule has 1 fully saturated rings. The van der Waals surface area contributed by atoms with Crippen LogP contribution in [0.25, 0.3) is 6.08 Å². The minimum absolute atomic E-state index is 0.0102. The number of amidine groups is 1. The van der Waals surface area contributed by atoms with E-state index in [1.54, 1.807) is 4.90 Å². The maximum absolute atomic E-state index is 12.7. The van der Waals surface area contributed by atoms with Gasteiger partial charge in [0.05, 0.1) is 17.2 Å². The Balaban J connectivity index is 1.89. The third kappa shape index (κ3) is 4.12. The summed E-state index contributed by atoms with van der Waals surface area (Å²) in [6, 6.07) is 17.4. The molecule has 1 aliphatic heterocycles. The lowest BCUT2D eigenvalue weighted by molar-refractivity contribution is -0.122. The highest BCUT2D eigenvalue weighted by atomic mass is 32.2. The van der Waals surface area contributed by atoms with Crippen LogP contribution in [-0.2, 0) is 4.79 Å². The molecule has 25 heavy (non-hydrogen) atoms. The van der Waals surface area contributed by atoms with Crippen LogP contribution in [0.15, 0.2) is 64.5 Å². The second-order valence-electron chi connectivity index (χ2n) is 5.40. The largest absolute Gasteiger partial charge is 0.494 e. The van der Waals surface area contributed by atoms with Gasteiger partial charge in [0.1, 0.15) is 5.75 Å². The number of ether oxygens (including phenoxy) is 1. The fourth-order valence-corrected chi connectivity index (χ4v) is 3.56. The first-order valence-electron chi connectivity index (χ1n) is 8.29. The van der Waals surface area contributed by atoms with Crippen molar-refractivity contribution in [1.29, 1.82) is 0 Å². The van der Waals surface area contributed by atoms with E-state index < -0.39 is 0 Å². The van der Waals surface area contributed by atoms with Crippen LogP contribution in [0.5, 0.6) is 5.75 Å². The summed E-state index contributed by atoms with van der Waals surface area (Å²) in [6.07, 6.45) is 1.89. The Kier molecular flexibility index (Phi) is 5.56. The van der Waals surface area contributed by atoms with E-state index in [0.717, 1.165) is 17.0 Å². The lowest BCUT2D eigenvalue weighted by Gasteiger charge is -2.11. The van der Waals surface area contributed by atoms with Gasteiger partial charge in [-0.2, -0.15) is 0 Å². The molecule has 2 aromatic carbocycles. The second-order valence-corrected chi connectivity index (χ2v) is 6.40. The number of benzene rings is 2. The number of hydrogen-bond donors (Lipinski definition) is 0. The zero-order valence-corrected chi connectivity index (χ0v) is 15.1. The maximum Gasteiger partial charge on any atom is 0.266 e. The molecule has 1 amide bonds. The van der Waals surface area contributed by atoms with Gasteiger partial charge in [0, 0.05) is 6.54 Å². The fraction of sp³-hybridized carbons (Fsp3) is 0.200. The highest BCUT2D eigenvalue weighted by Gasteiger charge is 2.32. The van der Waals surface area contributed by atoms with Gasteiger partial charge in [-0.25, -0.2) is 4.99 Å². The Hall–Kier alpha value is -2.53. The molecule has 0 bridgehead atoms. The van der Waals surface area contributed by atoms with Gasteiger partial charge in [-0.15, -0.1) is 0 Å². The minimum atomic E-state index is -0.0102. The summed E-state index contributed by atoms with van der Waals surface area (Å²) in [5.74, 6) is 0.793. The first-order valence-corrected chi connectivity index (χ1v) is 9.11. The summed E-state index contributed by atoms with van der Waals surface area (Å²) in [5.41, 5.74) is 1.79. The van der Waals surface area contributed by atoms with Gasteiger partial charge < -0.3 is 4.74 Å². The van der Waals surface area contributed by atoms with Crippen molar-refractivity contribution in [2.45, 2.75) is 13.8 Å². The Morgan fingerprint density at radius 1 is 1.12 bits per heavy atom. The van der Waals surface area contributed by atoms with Crippen molar-refractivity contribution in [2.24, 2.45) is 4.99 Å². The van der Waals surface area contributed by atoms with E-state index in [1.165, 1.54) is 11.8 Å². The first-order chi connectivity index (χ1) is 12.2. The van der Waals surface area contributed by atoms with Crippen molar-refractivity contribution in [1.82, 2.24) is 4.90 Å². The third-order valence-corrected chi connectivity index (χ3v) is 4.66. The highest BCUT2D eigenvalue weighted by Crippen LogP contribution is 2.34. The molecule has 1 heterocycles. The van der Waals surface area contributed by atoms with Crippen molar-refractivity contribution < 1.29 is 9.53 Å². The quantitative estimate of drug-likeness (QED) is 0.732. The molecule has 0 unspecified atom stereocenters. The van der Waals surface area contributed by atoms with Gasteiger partial charge in [0.2, 0.25) is 0 Å². The van der Waals surface area contributed by atoms with E-state index in [4.69, 9.17) is 4.74 Å². The fourth-order valence-electron chi connectivity index (χ4n) is 2.50. The minimum Gasteiger partial charge on any atom is -0.494 e. The molecular formula is C20H20N2O2S. The Morgan fingerprint density at radius 3 is 2.64 bits per heavy atom. The summed E-state index contributed by atoms with van der Waals surface area (Å²) in [7, 11) is 0. The van der Waals surface area contributed by atoms with Crippen molar-refractivity contribution >= 4 is 34.6 Å². The molecule has 1 aliphatic rings. The van der Waals surface area contributed by atoms with Crippen LogP contribution in [0.4, 0.5) is 5.69 Å². The summed E-state index contributed by atoms with van der Waals surface area (Å²) >= 11 is 1.41. The molecule has 5 heteroatoms. The van der Waals surface area contributed by atoms with Crippen LogP contribution in [0.3, 0.4) is 0 Å². The number of rotatable bonds is 5. The van der Waals surface area contributed by atoms with E-state index in [1.807, 2.05) is 74.5 Å². The smallest absolute Gasteiger partial charge is 0.266 e. The van der Waals surface area contributed by atoms with Gasteiger partial charge in [0.15, 0.2) is 5.17 Å². The van der Waals surface area contributed by atoms with Crippen LogP contribution < -0.4 is 4.74 Å². The number of hydrogen-bond acceptors (Lipinski definition) is 4. The van der Waals surface area contributed by atoms with Crippen LogP contribution in [0, 0.1) is 0 Å². The molecule has 0 N–H and O–H groups in total. The number of thioether (sulfide) groups is 1. The predicted octanol–water partition coefficient (Wildman–Crippen LogP) is 4.71. The van der Waals surface area contributed by atoms with Crippen LogP contribution in [0.2, 0.25) is 0 Å². The Bertz CT molecular complexity index is 815. The lowest BCUT2D eigenvalue weighted by atomic mass is 10.2. The number of carbonyl (C=O) groups is 1. The summed E-state index contributed by atoms with van der Waals surface area (Å²) < 4.78 is 5.53. The molecule has 0 spiro atoms. The number of likely N-dealkylation sites (N-methyl/N-ethyl adjacent to an activating group) is 1. The number of aliphatic imine (C=N–C) groups is 1. The van der Waals surface area contributed by atoms with Gasteiger partial charge >= 0.3 is 0 Å². The molecule has 0 radical (unpaired) electrons. The lowest BCUT2D eigenvalue weighted by Crippen LogP contribution is -2.28. The molecule has 3 rings (SSSR count). The number of para-hydroxylation sites is 1. The Morgan fingerprint density at radius 2 is 1.92 bits per heavy atom. The van der Waals surface area contributed by atoms with E-state index >= 15 is 0 Å². The average Bonchev–Trinajstić information content (AvgIpc) is 2.91. The predicted molar refractivity (Wildman–Crippen MR) is 104 cm³/mol. The summed E-state index contributed by atoms with van der Waals surface area (Å²) in [5, 5.41) is 0.714. The monoisotopic (exact) mass is 352 g/mol. The standard InChI is InChI=1S/C20H20N2O2S/c1-3-22-19(23)18(14-15-9-8-12-17(13-15)24-4-2)25-20(22)21-16-10-6-5-7-11-16/h5-14H,3-4H2,1-2H3/b18-14-,21-20?. The van der Waals surface area contributed by atoms with E-state index in [9.17, 15) is 4.79 Å². The molecular weight excluding hydrogens is 332 g/mol. The van der Waals surface area contributed by atoms with Gasteiger partial charge in [0.25, 0.3) is 5.91 Å². The number of amides is 1. The number of nitrogens with zero attached hydrogens (tertiary/aromatic N) is 2. The molecule has 2 aromatic rings. The molecule has 0 aliphatic carbocycles. The molecule has 0 saturated carbocycles. The third-order valence-electron chi connectivity index (χ3n) is 3.65. The summed E-state index contributed by atoms with van der Waals surface area (Å²) in [4.78, 5) is 19.7. The van der Waals surface area contributed by atoms with Crippen LogP contribution >= 0.6 is 11.8 Å². The topological polar surface area (TPSA) is 41.9 Å². The average molecular weight is 352 g/mol. The first kappa shape index (κ1) is 17.3. The van der Waals surface area contributed by atoms with Crippen LogP contribution in [0.1, 0.15) is 19.4 Å².